The van der Waals surface area contributed by atoms with Gasteiger partial charge in [0.25, 0.3) is 0 Å². The van der Waals surface area contributed by atoms with E-state index < -0.39 is 0 Å². The molecule has 0 unspecified atom stereocenters. The number of carbonyl (C=O) groups excluding carboxylic acids is 2. The van der Waals surface area contributed by atoms with Crippen molar-refractivity contribution in [3.05, 3.63) is 0 Å². The molecule has 0 saturated carbocycles. The summed E-state index contributed by atoms with van der Waals surface area (Å²) in [5.74, 6) is -0.323. The zero-order valence-corrected chi connectivity index (χ0v) is 10.6. The molecule has 0 aliphatic heterocycles. The summed E-state index contributed by atoms with van der Waals surface area (Å²) in [6, 6.07) is 0. The van der Waals surface area contributed by atoms with Crippen molar-refractivity contribution >= 4 is 11.9 Å². The SMILES string of the molecule is CCCCCCC(=O)N(C)CC(=O)OCC. The highest BCUT2D eigenvalue weighted by atomic mass is 16.5. The zero-order valence-electron chi connectivity index (χ0n) is 10.6. The Morgan fingerprint density at radius 1 is 1.12 bits per heavy atom. The van der Waals surface area contributed by atoms with Gasteiger partial charge >= 0.3 is 5.97 Å². The van der Waals surface area contributed by atoms with Crippen LogP contribution in [0.1, 0.15) is 46.0 Å². The van der Waals surface area contributed by atoms with E-state index in [-0.39, 0.29) is 18.4 Å². The molecule has 0 N–H and O–H groups in total. The van der Waals surface area contributed by atoms with E-state index in [9.17, 15) is 9.59 Å². The van der Waals surface area contributed by atoms with Crippen LogP contribution in [0, 0.1) is 0 Å². The second-order valence-electron chi connectivity index (χ2n) is 3.87. The highest BCUT2D eigenvalue weighted by molar-refractivity contribution is 5.81. The summed E-state index contributed by atoms with van der Waals surface area (Å²) >= 11 is 0. The van der Waals surface area contributed by atoms with E-state index in [1.165, 1.54) is 4.90 Å². The molecule has 1 amide bonds. The molecule has 0 spiro atoms. The van der Waals surface area contributed by atoms with Gasteiger partial charge in [-0.1, -0.05) is 26.2 Å². The Balaban J connectivity index is 3.68. The van der Waals surface area contributed by atoms with Crippen LogP contribution in [0.2, 0.25) is 0 Å². The molecule has 0 fully saturated rings. The minimum absolute atomic E-state index is 0.0177. The molecule has 94 valence electrons. The predicted molar refractivity (Wildman–Crippen MR) is 63.0 cm³/mol. The lowest BCUT2D eigenvalue weighted by molar-refractivity contribution is -0.148. The Morgan fingerprint density at radius 2 is 1.81 bits per heavy atom. The van der Waals surface area contributed by atoms with Crippen LogP contribution in [-0.2, 0) is 14.3 Å². The molecule has 0 rings (SSSR count). The first kappa shape index (κ1) is 14.9. The van der Waals surface area contributed by atoms with Gasteiger partial charge in [-0.05, 0) is 13.3 Å². The first-order valence-corrected chi connectivity index (χ1v) is 6.01. The highest BCUT2D eigenvalue weighted by Crippen LogP contribution is 2.04. The van der Waals surface area contributed by atoms with E-state index in [1.54, 1.807) is 14.0 Å². The van der Waals surface area contributed by atoms with Crippen LogP contribution in [0.4, 0.5) is 0 Å². The molecule has 0 aromatic heterocycles. The fourth-order valence-electron chi connectivity index (χ4n) is 1.38. The molecule has 4 heteroatoms. The van der Waals surface area contributed by atoms with Gasteiger partial charge in [0.15, 0.2) is 0 Å². The van der Waals surface area contributed by atoms with Crippen LogP contribution >= 0.6 is 0 Å². The number of unbranched alkanes of at least 4 members (excludes halogenated alkanes) is 3. The number of esters is 1. The quantitative estimate of drug-likeness (QED) is 0.472. The van der Waals surface area contributed by atoms with E-state index in [1.807, 2.05) is 0 Å². The molecule has 0 bridgehead atoms. The lowest BCUT2D eigenvalue weighted by Crippen LogP contribution is -2.32. The molecule has 0 aromatic carbocycles. The van der Waals surface area contributed by atoms with Crippen molar-refractivity contribution in [1.82, 2.24) is 4.90 Å². The summed E-state index contributed by atoms with van der Waals surface area (Å²) in [6.45, 7) is 4.30. The number of ether oxygens (including phenoxy) is 1. The van der Waals surface area contributed by atoms with E-state index in [2.05, 4.69) is 6.92 Å². The van der Waals surface area contributed by atoms with Gasteiger partial charge in [-0.15, -0.1) is 0 Å². The minimum atomic E-state index is -0.341. The Bertz CT molecular complexity index is 216. The lowest BCUT2D eigenvalue weighted by Gasteiger charge is -2.15. The van der Waals surface area contributed by atoms with Crippen molar-refractivity contribution in [3.63, 3.8) is 0 Å². The third-order valence-electron chi connectivity index (χ3n) is 2.34. The first-order valence-electron chi connectivity index (χ1n) is 6.01. The average Bonchev–Trinajstić information content (AvgIpc) is 2.24. The molecule has 0 aliphatic carbocycles. The molecule has 4 nitrogen and oxygen atoms in total. The van der Waals surface area contributed by atoms with Gasteiger partial charge in [0, 0.05) is 13.5 Å². The van der Waals surface area contributed by atoms with Gasteiger partial charge in [-0.2, -0.15) is 0 Å². The molecule has 0 atom stereocenters. The van der Waals surface area contributed by atoms with Crippen molar-refractivity contribution in [2.75, 3.05) is 20.2 Å². The van der Waals surface area contributed by atoms with E-state index in [0.29, 0.717) is 13.0 Å². The molecule has 0 aromatic rings. The average molecular weight is 229 g/mol. The van der Waals surface area contributed by atoms with E-state index in [4.69, 9.17) is 4.74 Å². The molecule has 0 radical (unpaired) electrons. The Labute approximate surface area is 98.0 Å². The monoisotopic (exact) mass is 229 g/mol. The summed E-state index contributed by atoms with van der Waals surface area (Å²) in [6.07, 6.45) is 4.83. The van der Waals surface area contributed by atoms with Gasteiger partial charge in [0.05, 0.1) is 6.61 Å². The lowest BCUT2D eigenvalue weighted by atomic mass is 10.1. The van der Waals surface area contributed by atoms with Gasteiger partial charge in [0.1, 0.15) is 6.54 Å². The summed E-state index contributed by atoms with van der Waals surface area (Å²) in [5.41, 5.74) is 0. The molecule has 16 heavy (non-hydrogen) atoms. The van der Waals surface area contributed by atoms with Crippen LogP contribution in [0.15, 0.2) is 0 Å². The Hall–Kier alpha value is -1.06. The second-order valence-corrected chi connectivity index (χ2v) is 3.87. The van der Waals surface area contributed by atoms with Crippen molar-refractivity contribution < 1.29 is 14.3 Å². The second kappa shape index (κ2) is 9.19. The van der Waals surface area contributed by atoms with Gasteiger partial charge in [-0.25, -0.2) is 0 Å². The normalized spacial score (nSPS) is 9.94. The van der Waals surface area contributed by atoms with Crippen molar-refractivity contribution in [1.29, 1.82) is 0 Å². The molecule has 0 aliphatic rings. The van der Waals surface area contributed by atoms with E-state index >= 15 is 0 Å². The third kappa shape index (κ3) is 7.26. The Kier molecular flexibility index (Phi) is 8.58. The Morgan fingerprint density at radius 3 is 2.38 bits per heavy atom. The minimum Gasteiger partial charge on any atom is -0.465 e. The third-order valence-corrected chi connectivity index (χ3v) is 2.34. The first-order chi connectivity index (χ1) is 7.61. The predicted octanol–water partition coefficient (Wildman–Crippen LogP) is 1.98. The molecular weight excluding hydrogens is 206 g/mol. The molecular formula is C12H23NO3. The van der Waals surface area contributed by atoms with Gasteiger partial charge in [-0.3, -0.25) is 9.59 Å². The number of amides is 1. The summed E-state index contributed by atoms with van der Waals surface area (Å²) in [7, 11) is 1.64. The number of nitrogens with zero attached hydrogens (tertiary/aromatic N) is 1. The maximum Gasteiger partial charge on any atom is 0.325 e. The topological polar surface area (TPSA) is 46.6 Å². The zero-order chi connectivity index (χ0) is 12.4. The smallest absolute Gasteiger partial charge is 0.325 e. The standard InChI is InChI=1S/C12H23NO3/c1-4-6-7-8-9-11(14)13(3)10-12(15)16-5-2/h4-10H2,1-3H3. The van der Waals surface area contributed by atoms with Crippen LogP contribution in [-0.4, -0.2) is 37.0 Å². The highest BCUT2D eigenvalue weighted by Gasteiger charge is 2.12. The maximum atomic E-state index is 11.6. The number of likely N-dealkylation sites (N-methyl/N-ethyl adjacent to an activating group) is 1. The number of rotatable bonds is 8. The number of hydrogen-bond donors (Lipinski definition) is 0. The fourth-order valence-corrected chi connectivity index (χ4v) is 1.38. The largest absolute Gasteiger partial charge is 0.465 e. The summed E-state index contributed by atoms with van der Waals surface area (Å²) < 4.78 is 4.77. The van der Waals surface area contributed by atoms with Crippen LogP contribution in [0.5, 0.6) is 0 Å². The van der Waals surface area contributed by atoms with Gasteiger partial charge < -0.3 is 9.64 Å². The van der Waals surface area contributed by atoms with Crippen molar-refractivity contribution in [2.45, 2.75) is 46.0 Å². The maximum absolute atomic E-state index is 11.6. The van der Waals surface area contributed by atoms with Crippen LogP contribution in [0.25, 0.3) is 0 Å². The molecule has 0 heterocycles. The number of hydrogen-bond acceptors (Lipinski definition) is 3. The van der Waals surface area contributed by atoms with Crippen molar-refractivity contribution in [2.24, 2.45) is 0 Å². The van der Waals surface area contributed by atoms with Crippen molar-refractivity contribution in [3.8, 4) is 0 Å². The summed E-state index contributed by atoms with van der Waals surface area (Å²) in [5, 5.41) is 0. The van der Waals surface area contributed by atoms with Gasteiger partial charge in [0.2, 0.25) is 5.91 Å². The summed E-state index contributed by atoms with van der Waals surface area (Å²) in [4.78, 5) is 24.1. The number of carbonyl (C=O) groups is 2. The fraction of sp³-hybridized carbons (Fsp3) is 0.833. The molecule has 0 saturated heterocycles. The van der Waals surface area contributed by atoms with Crippen LogP contribution < -0.4 is 0 Å². The van der Waals surface area contributed by atoms with Crippen LogP contribution in [0.3, 0.4) is 0 Å². The van der Waals surface area contributed by atoms with E-state index in [0.717, 1.165) is 25.7 Å².